The van der Waals surface area contributed by atoms with Gasteiger partial charge in [-0.2, -0.15) is 5.10 Å². The number of hydrazone groups is 1. The van der Waals surface area contributed by atoms with Crippen LogP contribution in [0.15, 0.2) is 29.4 Å². The monoisotopic (exact) mass is 347 g/mol. The van der Waals surface area contributed by atoms with E-state index in [9.17, 15) is 4.79 Å². The zero-order valence-corrected chi connectivity index (χ0v) is 13.5. The number of nitrogens with zero attached hydrogens (tertiary/aromatic N) is 1. The number of hydrogen-bond donors (Lipinski definition) is 2. The summed E-state index contributed by atoms with van der Waals surface area (Å²) in [5, 5.41) is 3.85. The number of para-hydroxylation sites is 1. The summed E-state index contributed by atoms with van der Waals surface area (Å²) in [5.74, 6) is 0.622. The van der Waals surface area contributed by atoms with Gasteiger partial charge in [-0.25, -0.2) is 5.43 Å². The van der Waals surface area contributed by atoms with Gasteiger partial charge in [0.25, 0.3) is 5.91 Å². The van der Waals surface area contributed by atoms with Crippen molar-refractivity contribution in [1.29, 1.82) is 0 Å². The summed E-state index contributed by atoms with van der Waals surface area (Å²) in [5.41, 5.74) is 8.97. The molecule has 1 amide bonds. The first-order valence-electron chi connectivity index (χ1n) is 6.83. The molecular formula is C18H17FeN3O+2. The second-order valence-electron chi connectivity index (χ2n) is 4.47. The van der Waals surface area contributed by atoms with Crippen LogP contribution in [0.5, 0.6) is 0 Å². The van der Waals surface area contributed by atoms with Crippen LogP contribution in [0.3, 0.4) is 0 Å². The fourth-order valence-corrected chi connectivity index (χ4v) is 1.73. The van der Waals surface area contributed by atoms with Crippen molar-refractivity contribution >= 4 is 17.8 Å². The first kappa shape index (κ1) is 19.7. The quantitative estimate of drug-likeness (QED) is 0.382. The number of nitrogens with one attached hydrogen (secondary N) is 1. The number of hydrogen-bond acceptors (Lipinski definition) is 3. The maximum Gasteiger partial charge on any atom is 2.00 e. The SMILES string of the molecule is Nc1ccccc1C(=O)N/N=C/[C]1[CH][CH][CH][CH]1.[CH]1[CH][CH][CH][CH]1.[Fe+2]. The Kier molecular flexibility index (Phi) is 9.65. The van der Waals surface area contributed by atoms with Gasteiger partial charge in [0.15, 0.2) is 0 Å². The van der Waals surface area contributed by atoms with E-state index in [1.807, 2.05) is 57.8 Å². The third-order valence-corrected chi connectivity index (χ3v) is 2.83. The van der Waals surface area contributed by atoms with Crippen LogP contribution in [0.2, 0.25) is 0 Å². The first-order chi connectivity index (χ1) is 10.8. The van der Waals surface area contributed by atoms with Gasteiger partial charge in [0.1, 0.15) is 0 Å². The Morgan fingerprint density at radius 1 is 0.957 bits per heavy atom. The molecule has 0 aliphatic heterocycles. The van der Waals surface area contributed by atoms with E-state index in [1.165, 1.54) is 0 Å². The van der Waals surface area contributed by atoms with Crippen molar-refractivity contribution in [2.24, 2.45) is 5.10 Å². The Hall–Kier alpha value is -1.32. The first-order valence-corrected chi connectivity index (χ1v) is 6.83. The molecule has 2 aliphatic carbocycles. The molecule has 2 aliphatic rings. The van der Waals surface area contributed by atoms with E-state index >= 15 is 0 Å². The van der Waals surface area contributed by atoms with Crippen LogP contribution in [-0.2, 0) is 17.1 Å². The second-order valence-corrected chi connectivity index (χ2v) is 4.47. The van der Waals surface area contributed by atoms with Crippen molar-refractivity contribution in [2.45, 2.75) is 0 Å². The van der Waals surface area contributed by atoms with E-state index in [1.54, 1.807) is 30.5 Å². The van der Waals surface area contributed by atoms with Gasteiger partial charge < -0.3 is 5.73 Å². The molecule has 1 aromatic carbocycles. The van der Waals surface area contributed by atoms with E-state index < -0.39 is 0 Å². The summed E-state index contributed by atoms with van der Waals surface area (Å²) in [7, 11) is 0. The van der Waals surface area contributed by atoms with Crippen molar-refractivity contribution in [3.63, 3.8) is 0 Å². The molecule has 4 nitrogen and oxygen atoms in total. The summed E-state index contributed by atoms with van der Waals surface area (Å²) in [4.78, 5) is 11.7. The fraction of sp³-hybridized carbons (Fsp3) is 0. The predicted octanol–water partition coefficient (Wildman–Crippen LogP) is 2.41. The molecule has 5 heteroatoms. The molecule has 23 heavy (non-hydrogen) atoms. The molecule has 2 fully saturated rings. The molecule has 1 aromatic rings. The Labute approximate surface area is 149 Å². The van der Waals surface area contributed by atoms with Crippen molar-refractivity contribution in [2.75, 3.05) is 5.73 Å². The van der Waals surface area contributed by atoms with Crippen LogP contribution in [-0.4, -0.2) is 12.1 Å². The second kappa shape index (κ2) is 11.3. The van der Waals surface area contributed by atoms with Gasteiger partial charge in [0, 0.05) is 17.8 Å². The molecule has 3 rings (SSSR count). The van der Waals surface area contributed by atoms with Crippen LogP contribution >= 0.6 is 0 Å². The minimum Gasteiger partial charge on any atom is -0.398 e. The van der Waals surface area contributed by atoms with Crippen LogP contribution in [0, 0.1) is 63.7 Å². The molecule has 0 saturated heterocycles. The standard InChI is InChI=1S/C13H12N3O.C5H5.Fe/c14-12-8-4-3-7-11(12)13(17)16-15-9-10-5-1-2-6-10;1-2-4-5-3-1;/h1-9H,14H2,(H,16,17);1-5H;/q;;+2/b15-9+;;. The molecule has 0 atom stereocenters. The third-order valence-electron chi connectivity index (χ3n) is 2.83. The predicted molar refractivity (Wildman–Crippen MR) is 88.8 cm³/mol. The van der Waals surface area contributed by atoms with Gasteiger partial charge in [-0.05, 0) is 69.9 Å². The number of amides is 1. The minimum absolute atomic E-state index is 0. The van der Waals surface area contributed by atoms with Crippen molar-refractivity contribution in [3.8, 4) is 0 Å². The average molecular weight is 347 g/mol. The van der Waals surface area contributed by atoms with Crippen molar-refractivity contribution in [1.82, 2.24) is 5.43 Å². The van der Waals surface area contributed by atoms with Crippen LogP contribution in [0.4, 0.5) is 5.69 Å². The molecule has 0 spiro atoms. The van der Waals surface area contributed by atoms with Gasteiger partial charge in [0.2, 0.25) is 0 Å². The average Bonchev–Trinajstić information content (AvgIpc) is 3.24. The number of rotatable bonds is 3. The third kappa shape index (κ3) is 7.19. The molecule has 0 heterocycles. The van der Waals surface area contributed by atoms with Gasteiger partial charge in [-0.1, -0.05) is 12.1 Å². The number of benzene rings is 1. The molecule has 10 radical (unpaired) electrons. The number of carbonyl (C=O) groups is 1. The number of nitrogens with two attached hydrogens (primary N) is 1. The molecule has 2 saturated carbocycles. The zero-order valence-electron chi connectivity index (χ0n) is 12.4. The zero-order chi connectivity index (χ0) is 15.6. The Balaban J connectivity index is 0.000000377. The van der Waals surface area contributed by atoms with Gasteiger partial charge >= 0.3 is 17.1 Å². The number of nitrogen functional groups attached to an aromatic ring is 1. The maximum absolute atomic E-state index is 11.7. The van der Waals surface area contributed by atoms with Crippen molar-refractivity contribution < 1.29 is 21.9 Å². The molecule has 0 unspecified atom stereocenters. The van der Waals surface area contributed by atoms with E-state index in [0.29, 0.717) is 11.3 Å². The van der Waals surface area contributed by atoms with Crippen LogP contribution in [0.25, 0.3) is 0 Å². The maximum atomic E-state index is 11.7. The van der Waals surface area contributed by atoms with E-state index in [0.717, 1.165) is 5.92 Å². The summed E-state index contributed by atoms with van der Waals surface area (Å²) < 4.78 is 0. The Bertz CT molecular complexity index is 487. The van der Waals surface area contributed by atoms with E-state index in [-0.39, 0.29) is 23.0 Å². The fourth-order valence-electron chi connectivity index (χ4n) is 1.73. The normalized spacial score (nSPS) is 17.4. The summed E-state index contributed by atoms with van der Waals surface area (Å²) >= 11 is 0. The van der Waals surface area contributed by atoms with Crippen LogP contribution < -0.4 is 11.2 Å². The number of anilines is 1. The molecular weight excluding hydrogens is 330 g/mol. The smallest absolute Gasteiger partial charge is 0.398 e. The van der Waals surface area contributed by atoms with E-state index in [4.69, 9.17) is 5.73 Å². The van der Waals surface area contributed by atoms with E-state index in [2.05, 4.69) is 10.5 Å². The number of carbonyl (C=O) groups excluding carboxylic acids is 1. The summed E-state index contributed by atoms with van der Waals surface area (Å²) in [6.07, 6.45) is 19.2. The topological polar surface area (TPSA) is 67.5 Å². The van der Waals surface area contributed by atoms with Crippen molar-refractivity contribution in [3.05, 3.63) is 93.5 Å². The molecule has 0 bridgehead atoms. The minimum atomic E-state index is -0.314. The van der Waals surface area contributed by atoms with Gasteiger partial charge in [-0.3, -0.25) is 4.79 Å². The Morgan fingerprint density at radius 3 is 2.09 bits per heavy atom. The van der Waals surface area contributed by atoms with Gasteiger partial charge in [-0.15, -0.1) is 0 Å². The summed E-state index contributed by atoms with van der Waals surface area (Å²) in [6.45, 7) is 0. The summed E-state index contributed by atoms with van der Waals surface area (Å²) in [6, 6.07) is 6.87. The molecule has 116 valence electrons. The molecule has 0 aromatic heterocycles. The molecule has 3 N–H and O–H groups in total. The Morgan fingerprint density at radius 2 is 1.52 bits per heavy atom. The van der Waals surface area contributed by atoms with Crippen LogP contribution in [0.1, 0.15) is 10.4 Å². The largest absolute Gasteiger partial charge is 2.00 e. The van der Waals surface area contributed by atoms with Gasteiger partial charge in [0.05, 0.1) is 5.56 Å².